The minimum atomic E-state index is -0.438. The minimum absolute atomic E-state index is 0.0691. The van der Waals surface area contributed by atoms with Crippen molar-refractivity contribution >= 4 is 0 Å². The molecule has 1 aliphatic rings. The van der Waals surface area contributed by atoms with Crippen molar-refractivity contribution in [2.24, 2.45) is 5.41 Å². The standard InChI is InChI=1S/C15H22O3/c1-15(2,3)9-11-7-13(16)12-6-5-10(17-4)8-14(12)18-11/h5-6,8,11,13,16H,7,9H2,1-4H3. The number of hydrogen-bond acceptors (Lipinski definition) is 3. The molecule has 0 saturated heterocycles. The maximum Gasteiger partial charge on any atom is 0.129 e. The Kier molecular flexibility index (Phi) is 3.53. The lowest BCUT2D eigenvalue weighted by atomic mass is 9.85. The van der Waals surface area contributed by atoms with Crippen LogP contribution in [-0.4, -0.2) is 18.3 Å². The molecule has 1 aromatic carbocycles. The first kappa shape index (κ1) is 13.2. The maximum atomic E-state index is 10.2. The van der Waals surface area contributed by atoms with Crippen LogP contribution in [0.4, 0.5) is 0 Å². The molecule has 1 heterocycles. The van der Waals surface area contributed by atoms with Crippen LogP contribution in [0.25, 0.3) is 0 Å². The molecule has 2 rings (SSSR count). The fourth-order valence-electron chi connectivity index (χ4n) is 2.43. The molecule has 0 saturated carbocycles. The monoisotopic (exact) mass is 250 g/mol. The predicted octanol–water partition coefficient (Wildman–Crippen LogP) is 3.32. The Morgan fingerprint density at radius 2 is 2.11 bits per heavy atom. The Balaban J connectivity index is 2.21. The highest BCUT2D eigenvalue weighted by Crippen LogP contribution is 2.39. The van der Waals surface area contributed by atoms with E-state index in [1.165, 1.54) is 0 Å². The summed E-state index contributed by atoms with van der Waals surface area (Å²) in [6, 6.07) is 5.59. The second kappa shape index (κ2) is 4.81. The zero-order chi connectivity index (χ0) is 13.3. The molecule has 0 amide bonds. The van der Waals surface area contributed by atoms with Crippen molar-refractivity contribution in [2.45, 2.75) is 45.8 Å². The number of benzene rings is 1. The molecule has 1 aliphatic heterocycles. The van der Waals surface area contributed by atoms with E-state index in [0.717, 1.165) is 23.5 Å². The Labute approximate surface area is 109 Å². The van der Waals surface area contributed by atoms with Crippen molar-refractivity contribution in [1.29, 1.82) is 0 Å². The number of ether oxygens (including phenoxy) is 2. The molecule has 18 heavy (non-hydrogen) atoms. The van der Waals surface area contributed by atoms with Crippen molar-refractivity contribution < 1.29 is 14.6 Å². The van der Waals surface area contributed by atoms with Crippen molar-refractivity contribution in [3.63, 3.8) is 0 Å². The zero-order valence-corrected chi connectivity index (χ0v) is 11.6. The largest absolute Gasteiger partial charge is 0.497 e. The van der Waals surface area contributed by atoms with Crippen molar-refractivity contribution in [3.8, 4) is 11.5 Å². The first-order chi connectivity index (χ1) is 8.39. The van der Waals surface area contributed by atoms with Gasteiger partial charge in [-0.3, -0.25) is 0 Å². The molecule has 100 valence electrons. The van der Waals surface area contributed by atoms with Gasteiger partial charge in [0.1, 0.15) is 17.6 Å². The summed E-state index contributed by atoms with van der Waals surface area (Å²) in [6.45, 7) is 6.55. The van der Waals surface area contributed by atoms with Gasteiger partial charge in [0.25, 0.3) is 0 Å². The van der Waals surface area contributed by atoms with E-state index in [1.54, 1.807) is 7.11 Å². The van der Waals surface area contributed by atoms with Gasteiger partial charge in [0.15, 0.2) is 0 Å². The molecule has 2 unspecified atom stereocenters. The minimum Gasteiger partial charge on any atom is -0.497 e. The van der Waals surface area contributed by atoms with E-state index in [-0.39, 0.29) is 11.5 Å². The summed E-state index contributed by atoms with van der Waals surface area (Å²) in [5.74, 6) is 1.51. The van der Waals surface area contributed by atoms with Gasteiger partial charge in [-0.1, -0.05) is 20.8 Å². The number of fused-ring (bicyclic) bond motifs is 1. The molecule has 0 bridgehead atoms. The predicted molar refractivity (Wildman–Crippen MR) is 71.1 cm³/mol. The van der Waals surface area contributed by atoms with Gasteiger partial charge in [-0.05, 0) is 24.0 Å². The first-order valence-corrected chi connectivity index (χ1v) is 6.42. The molecule has 0 aliphatic carbocycles. The molecule has 0 radical (unpaired) electrons. The second-order valence-electron chi connectivity index (χ2n) is 6.16. The number of aliphatic hydroxyl groups is 1. The van der Waals surface area contributed by atoms with Crippen LogP contribution in [0.1, 0.15) is 45.3 Å². The van der Waals surface area contributed by atoms with Crippen molar-refractivity contribution in [3.05, 3.63) is 23.8 Å². The normalized spacial score (nSPS) is 23.2. The highest BCUT2D eigenvalue weighted by Gasteiger charge is 2.30. The van der Waals surface area contributed by atoms with E-state index in [9.17, 15) is 5.11 Å². The molecule has 1 aromatic rings. The average molecular weight is 250 g/mol. The number of methoxy groups -OCH3 is 1. The second-order valence-corrected chi connectivity index (χ2v) is 6.16. The fourth-order valence-corrected chi connectivity index (χ4v) is 2.43. The van der Waals surface area contributed by atoms with Gasteiger partial charge in [0, 0.05) is 18.1 Å². The van der Waals surface area contributed by atoms with Crippen molar-refractivity contribution in [2.75, 3.05) is 7.11 Å². The van der Waals surface area contributed by atoms with Gasteiger partial charge in [-0.25, -0.2) is 0 Å². The summed E-state index contributed by atoms with van der Waals surface area (Å²) in [7, 11) is 1.63. The average Bonchev–Trinajstić information content (AvgIpc) is 2.25. The molecule has 0 fully saturated rings. The number of aliphatic hydroxyl groups excluding tert-OH is 1. The third-order valence-corrected chi connectivity index (χ3v) is 3.20. The lowest BCUT2D eigenvalue weighted by molar-refractivity contribution is 0.0445. The van der Waals surface area contributed by atoms with E-state index in [2.05, 4.69) is 20.8 Å². The smallest absolute Gasteiger partial charge is 0.129 e. The lowest BCUT2D eigenvalue weighted by Crippen LogP contribution is -2.29. The van der Waals surface area contributed by atoms with Crippen LogP contribution in [0.3, 0.4) is 0 Å². The Hall–Kier alpha value is -1.22. The van der Waals surface area contributed by atoms with Crippen LogP contribution < -0.4 is 9.47 Å². The molecule has 2 atom stereocenters. The van der Waals surface area contributed by atoms with Gasteiger partial charge in [-0.2, -0.15) is 0 Å². The Bertz CT molecular complexity index is 420. The lowest BCUT2D eigenvalue weighted by Gasteiger charge is -2.33. The summed E-state index contributed by atoms with van der Waals surface area (Å²) in [5.41, 5.74) is 1.06. The molecule has 3 nitrogen and oxygen atoms in total. The number of rotatable bonds is 2. The van der Waals surface area contributed by atoms with Crippen LogP contribution in [0.5, 0.6) is 11.5 Å². The van der Waals surface area contributed by atoms with Crippen LogP contribution in [0.15, 0.2) is 18.2 Å². The SMILES string of the molecule is COc1ccc2c(c1)OC(CC(C)(C)C)CC2O. The van der Waals surface area contributed by atoms with Gasteiger partial charge >= 0.3 is 0 Å². The topological polar surface area (TPSA) is 38.7 Å². The van der Waals surface area contributed by atoms with Gasteiger partial charge in [0.05, 0.1) is 13.2 Å². The van der Waals surface area contributed by atoms with E-state index in [4.69, 9.17) is 9.47 Å². The summed E-state index contributed by atoms with van der Waals surface area (Å²) in [6.07, 6.45) is 1.23. The third kappa shape index (κ3) is 2.96. The maximum absolute atomic E-state index is 10.2. The fraction of sp³-hybridized carbons (Fsp3) is 0.600. The van der Waals surface area contributed by atoms with Gasteiger partial charge in [-0.15, -0.1) is 0 Å². The molecule has 3 heteroatoms. The van der Waals surface area contributed by atoms with Crippen LogP contribution in [0, 0.1) is 5.41 Å². The summed E-state index contributed by atoms with van der Waals surface area (Å²) < 4.78 is 11.2. The van der Waals surface area contributed by atoms with E-state index in [0.29, 0.717) is 6.42 Å². The molecule has 0 aromatic heterocycles. The zero-order valence-electron chi connectivity index (χ0n) is 11.6. The first-order valence-electron chi connectivity index (χ1n) is 6.42. The highest BCUT2D eigenvalue weighted by atomic mass is 16.5. The molecule has 1 N–H and O–H groups in total. The third-order valence-electron chi connectivity index (χ3n) is 3.20. The molecular weight excluding hydrogens is 228 g/mol. The van der Waals surface area contributed by atoms with Gasteiger partial charge < -0.3 is 14.6 Å². The Morgan fingerprint density at radius 3 is 2.72 bits per heavy atom. The molecular formula is C15H22O3. The van der Waals surface area contributed by atoms with E-state index in [1.807, 2.05) is 18.2 Å². The van der Waals surface area contributed by atoms with Crippen molar-refractivity contribution in [1.82, 2.24) is 0 Å². The summed E-state index contributed by atoms with van der Waals surface area (Å²) >= 11 is 0. The number of hydrogen-bond donors (Lipinski definition) is 1. The Morgan fingerprint density at radius 1 is 1.39 bits per heavy atom. The van der Waals surface area contributed by atoms with Crippen LogP contribution in [-0.2, 0) is 0 Å². The summed E-state index contributed by atoms with van der Waals surface area (Å²) in [4.78, 5) is 0. The summed E-state index contributed by atoms with van der Waals surface area (Å²) in [5, 5.41) is 10.2. The van der Waals surface area contributed by atoms with Gasteiger partial charge in [0.2, 0.25) is 0 Å². The van der Waals surface area contributed by atoms with Crippen LogP contribution >= 0.6 is 0 Å². The van der Waals surface area contributed by atoms with E-state index >= 15 is 0 Å². The highest BCUT2D eigenvalue weighted by molar-refractivity contribution is 5.43. The molecule has 0 spiro atoms. The van der Waals surface area contributed by atoms with Crippen LogP contribution in [0.2, 0.25) is 0 Å². The van der Waals surface area contributed by atoms with E-state index < -0.39 is 6.10 Å². The quantitative estimate of drug-likeness (QED) is 0.875.